The number of aliphatic carboxylic acids is 1. The number of hydrogen-bond donors (Lipinski definition) is 1. The van der Waals surface area contributed by atoms with Crippen molar-refractivity contribution in [1.29, 1.82) is 0 Å². The zero-order chi connectivity index (χ0) is 20.4. The van der Waals surface area contributed by atoms with Crippen LogP contribution in [0.2, 0.25) is 0 Å². The number of carboxylic acids is 1. The van der Waals surface area contributed by atoms with Gasteiger partial charge < -0.3 is 5.11 Å². The van der Waals surface area contributed by atoms with E-state index in [9.17, 15) is 9.90 Å². The second kappa shape index (κ2) is 8.47. The number of thiazole rings is 1. The predicted molar refractivity (Wildman–Crippen MR) is 118 cm³/mol. The lowest BCUT2D eigenvalue weighted by Gasteiger charge is -2.21. The molecule has 1 atom stereocenters. The molecule has 0 bridgehead atoms. The minimum atomic E-state index is -0.712. The summed E-state index contributed by atoms with van der Waals surface area (Å²) in [5.41, 5.74) is 4.78. The van der Waals surface area contributed by atoms with E-state index in [2.05, 4.69) is 72.3 Å². The van der Waals surface area contributed by atoms with Crippen molar-refractivity contribution < 1.29 is 9.90 Å². The number of aromatic nitrogens is 1. The minimum Gasteiger partial charge on any atom is -0.480 e. The number of benzene rings is 2. The minimum absolute atomic E-state index is 0.349. The fourth-order valence-electron chi connectivity index (χ4n) is 3.86. The number of rotatable bonds is 6. The van der Waals surface area contributed by atoms with Gasteiger partial charge in [-0.05, 0) is 42.0 Å². The van der Waals surface area contributed by atoms with Crippen molar-refractivity contribution in [3.63, 3.8) is 0 Å². The van der Waals surface area contributed by atoms with E-state index < -0.39 is 5.97 Å². The number of carboxylic acid groups (broad SMARTS) is 1. The third kappa shape index (κ3) is 4.41. The zero-order valence-corrected chi connectivity index (χ0v) is 17.7. The molecule has 2 heterocycles. The van der Waals surface area contributed by atoms with E-state index in [0.29, 0.717) is 12.5 Å². The summed E-state index contributed by atoms with van der Waals surface area (Å²) in [5, 5.41) is 10.3. The molecule has 3 aromatic rings. The number of hydrogen-bond acceptors (Lipinski definition) is 4. The molecule has 0 saturated carbocycles. The largest absolute Gasteiger partial charge is 0.480 e. The van der Waals surface area contributed by atoms with Crippen LogP contribution in [0.1, 0.15) is 43.7 Å². The molecule has 4 nitrogen and oxygen atoms in total. The van der Waals surface area contributed by atoms with E-state index in [1.54, 1.807) is 11.3 Å². The van der Waals surface area contributed by atoms with Gasteiger partial charge in [-0.2, -0.15) is 0 Å². The molecule has 0 aliphatic carbocycles. The molecular formula is C24H26N2O2S. The van der Waals surface area contributed by atoms with Crippen LogP contribution < -0.4 is 0 Å². The fraction of sp³-hybridized carbons (Fsp3) is 0.333. The molecule has 2 aromatic carbocycles. The molecular weight excluding hydrogens is 380 g/mol. The number of nitrogens with zero attached hydrogens (tertiary/aromatic N) is 2. The van der Waals surface area contributed by atoms with Crippen LogP contribution in [0.3, 0.4) is 0 Å². The van der Waals surface area contributed by atoms with Gasteiger partial charge >= 0.3 is 5.97 Å². The van der Waals surface area contributed by atoms with Crippen LogP contribution in [0.25, 0.3) is 21.0 Å². The summed E-state index contributed by atoms with van der Waals surface area (Å²) in [6.45, 7) is 5.94. The Labute approximate surface area is 175 Å². The molecule has 1 N–H and O–H groups in total. The first-order valence-electron chi connectivity index (χ1n) is 10.1. The average molecular weight is 407 g/mol. The molecule has 1 aliphatic heterocycles. The van der Waals surface area contributed by atoms with E-state index in [1.807, 2.05) is 6.20 Å². The van der Waals surface area contributed by atoms with Crippen LogP contribution in [-0.4, -0.2) is 33.5 Å². The molecule has 4 rings (SSSR count). The first kappa shape index (κ1) is 19.8. The van der Waals surface area contributed by atoms with Gasteiger partial charge in [-0.15, -0.1) is 11.3 Å². The zero-order valence-electron chi connectivity index (χ0n) is 16.8. The molecule has 5 heteroatoms. The van der Waals surface area contributed by atoms with E-state index in [0.717, 1.165) is 35.5 Å². The second-order valence-electron chi connectivity index (χ2n) is 7.97. The van der Waals surface area contributed by atoms with Gasteiger partial charge in [0.05, 0.1) is 4.88 Å². The van der Waals surface area contributed by atoms with Crippen molar-refractivity contribution in [2.75, 3.05) is 6.54 Å². The van der Waals surface area contributed by atoms with Crippen molar-refractivity contribution >= 4 is 17.3 Å². The van der Waals surface area contributed by atoms with Gasteiger partial charge in [-0.3, -0.25) is 9.69 Å². The van der Waals surface area contributed by atoms with Crippen molar-refractivity contribution in [2.45, 2.75) is 45.2 Å². The van der Waals surface area contributed by atoms with Crippen LogP contribution in [0.15, 0.2) is 54.7 Å². The average Bonchev–Trinajstić information content (AvgIpc) is 3.38. The maximum atomic E-state index is 11.4. The Balaban J connectivity index is 1.46. The maximum Gasteiger partial charge on any atom is 0.320 e. The highest BCUT2D eigenvalue weighted by molar-refractivity contribution is 7.18. The van der Waals surface area contributed by atoms with Crippen LogP contribution in [0.5, 0.6) is 0 Å². The van der Waals surface area contributed by atoms with E-state index in [1.165, 1.54) is 16.0 Å². The van der Waals surface area contributed by atoms with Crippen molar-refractivity contribution in [2.24, 2.45) is 0 Å². The molecule has 1 unspecified atom stereocenters. The van der Waals surface area contributed by atoms with Gasteiger partial charge in [0.1, 0.15) is 11.0 Å². The molecule has 1 saturated heterocycles. The third-order valence-corrected chi connectivity index (χ3v) is 6.70. The summed E-state index contributed by atoms with van der Waals surface area (Å²) in [4.78, 5) is 19.2. The highest BCUT2D eigenvalue weighted by atomic mass is 32.1. The summed E-state index contributed by atoms with van der Waals surface area (Å²) in [5.74, 6) is -0.179. The molecule has 1 aromatic heterocycles. The standard InChI is InChI=1S/C24H26N2O2S/c1-16(2)18-9-11-19(12-10-18)22-14-25-23(29-22)20-7-5-17(6-8-20)15-26-13-3-4-21(26)24(27)28/h5-12,14,16,21H,3-4,13,15H2,1-2H3,(H,27,28). The monoisotopic (exact) mass is 406 g/mol. The first-order valence-corrected chi connectivity index (χ1v) is 11.0. The Morgan fingerprint density at radius 1 is 1.14 bits per heavy atom. The maximum absolute atomic E-state index is 11.4. The molecule has 0 amide bonds. The number of likely N-dealkylation sites (tertiary alicyclic amines) is 1. The lowest BCUT2D eigenvalue weighted by molar-refractivity contribution is -0.142. The van der Waals surface area contributed by atoms with Gasteiger partial charge in [-0.1, -0.05) is 62.4 Å². The normalized spacial score (nSPS) is 17.1. The van der Waals surface area contributed by atoms with E-state index in [-0.39, 0.29) is 6.04 Å². The van der Waals surface area contributed by atoms with Gasteiger partial charge in [-0.25, -0.2) is 4.98 Å². The van der Waals surface area contributed by atoms with Crippen LogP contribution in [-0.2, 0) is 11.3 Å². The first-order chi connectivity index (χ1) is 14.0. The van der Waals surface area contributed by atoms with Crippen molar-refractivity contribution in [1.82, 2.24) is 9.88 Å². The van der Waals surface area contributed by atoms with Crippen LogP contribution in [0.4, 0.5) is 0 Å². The van der Waals surface area contributed by atoms with Gasteiger partial charge in [0, 0.05) is 18.3 Å². The van der Waals surface area contributed by atoms with Gasteiger partial charge in [0.25, 0.3) is 0 Å². The highest BCUT2D eigenvalue weighted by Crippen LogP contribution is 2.33. The quantitative estimate of drug-likeness (QED) is 0.575. The Morgan fingerprint density at radius 3 is 2.48 bits per heavy atom. The smallest absolute Gasteiger partial charge is 0.320 e. The van der Waals surface area contributed by atoms with Crippen molar-refractivity contribution in [3.8, 4) is 21.0 Å². The Morgan fingerprint density at radius 2 is 1.83 bits per heavy atom. The van der Waals surface area contributed by atoms with Gasteiger partial charge in [0.15, 0.2) is 0 Å². The topological polar surface area (TPSA) is 53.4 Å². The lowest BCUT2D eigenvalue weighted by Crippen LogP contribution is -2.35. The molecule has 1 aliphatic rings. The van der Waals surface area contributed by atoms with E-state index >= 15 is 0 Å². The second-order valence-corrected chi connectivity index (χ2v) is 9.00. The van der Waals surface area contributed by atoms with Crippen molar-refractivity contribution in [3.05, 3.63) is 65.9 Å². The van der Waals surface area contributed by atoms with E-state index in [4.69, 9.17) is 0 Å². The summed E-state index contributed by atoms with van der Waals surface area (Å²) in [6, 6.07) is 16.7. The molecule has 0 spiro atoms. The highest BCUT2D eigenvalue weighted by Gasteiger charge is 2.30. The summed E-state index contributed by atoms with van der Waals surface area (Å²) >= 11 is 1.70. The lowest BCUT2D eigenvalue weighted by atomic mass is 10.0. The van der Waals surface area contributed by atoms with Crippen LogP contribution in [0, 0.1) is 0 Å². The third-order valence-electron chi connectivity index (χ3n) is 5.60. The number of carbonyl (C=O) groups is 1. The summed E-state index contributed by atoms with van der Waals surface area (Å²) in [6.07, 6.45) is 3.64. The molecule has 0 radical (unpaired) electrons. The predicted octanol–water partition coefficient (Wildman–Crippen LogP) is 5.65. The molecule has 150 valence electrons. The SMILES string of the molecule is CC(C)c1ccc(-c2cnc(-c3ccc(CN4CCCC4C(=O)O)cc3)s2)cc1. The fourth-order valence-corrected chi connectivity index (χ4v) is 4.78. The molecule has 29 heavy (non-hydrogen) atoms. The summed E-state index contributed by atoms with van der Waals surface area (Å²) in [7, 11) is 0. The molecule has 1 fully saturated rings. The van der Waals surface area contributed by atoms with Crippen LogP contribution >= 0.6 is 11.3 Å². The summed E-state index contributed by atoms with van der Waals surface area (Å²) < 4.78 is 0. The Kier molecular flexibility index (Phi) is 5.79. The Bertz CT molecular complexity index is 977. The Hall–Kier alpha value is -2.50. The van der Waals surface area contributed by atoms with Gasteiger partial charge in [0.2, 0.25) is 0 Å².